The van der Waals surface area contributed by atoms with Gasteiger partial charge in [-0.15, -0.1) is 0 Å². The van der Waals surface area contributed by atoms with Crippen molar-refractivity contribution >= 4 is 28.5 Å². The van der Waals surface area contributed by atoms with Crippen molar-refractivity contribution in [1.29, 1.82) is 0 Å². The van der Waals surface area contributed by atoms with Gasteiger partial charge in [0.15, 0.2) is 5.12 Å². The number of rotatable bonds is 3. The van der Waals surface area contributed by atoms with Crippen LogP contribution in [0.3, 0.4) is 0 Å². The van der Waals surface area contributed by atoms with Gasteiger partial charge in [-0.3, -0.25) is 9.59 Å². The topological polar surface area (TPSA) is 37.4 Å². The molecule has 1 aliphatic heterocycles. The number of carbonyl (C=O) groups excluding carboxylic acids is 2. The van der Waals surface area contributed by atoms with Crippen LogP contribution in [-0.2, 0) is 15.0 Å². The van der Waals surface area contributed by atoms with Crippen LogP contribution in [0.5, 0.6) is 0 Å². The summed E-state index contributed by atoms with van der Waals surface area (Å²) in [6.45, 7) is 3.86. The van der Waals surface area contributed by atoms with E-state index in [-0.39, 0.29) is 17.4 Å². The highest BCUT2D eigenvalue weighted by Gasteiger charge is 2.47. The monoisotopic (exact) mass is 325 g/mol. The van der Waals surface area contributed by atoms with Crippen molar-refractivity contribution in [3.63, 3.8) is 0 Å². The largest absolute Gasteiger partial charge is 0.314 e. The third kappa shape index (κ3) is 2.68. The summed E-state index contributed by atoms with van der Waals surface area (Å²) in [5.41, 5.74) is 2.13. The van der Waals surface area contributed by atoms with Crippen LogP contribution in [-0.4, -0.2) is 18.1 Å². The molecule has 1 heterocycles. The molecule has 3 nitrogen and oxygen atoms in total. The molecule has 2 aromatic carbocycles. The molecule has 1 atom stereocenters. The SMILES string of the molecule is Cc1ccccc1SC(=O)CC1(C)C(=O)N(C)c2ccccc21. The first-order chi connectivity index (χ1) is 10.9. The lowest BCUT2D eigenvalue weighted by Gasteiger charge is -2.22. The molecule has 0 spiro atoms. The van der Waals surface area contributed by atoms with Crippen molar-refractivity contribution in [2.45, 2.75) is 30.6 Å². The first-order valence-electron chi connectivity index (χ1n) is 7.57. The second-order valence-corrected chi connectivity index (χ2v) is 7.23. The second kappa shape index (κ2) is 5.85. The number of hydrogen-bond donors (Lipinski definition) is 0. The quantitative estimate of drug-likeness (QED) is 0.802. The number of nitrogens with zero attached hydrogens (tertiary/aromatic N) is 1. The maximum Gasteiger partial charge on any atom is 0.237 e. The number of benzene rings is 2. The summed E-state index contributed by atoms with van der Waals surface area (Å²) in [5.74, 6) is -0.0163. The van der Waals surface area contributed by atoms with Crippen LogP contribution in [0.2, 0.25) is 0 Å². The second-order valence-electron chi connectivity index (χ2n) is 6.13. The third-order valence-corrected chi connectivity index (χ3v) is 5.50. The van der Waals surface area contributed by atoms with Crippen molar-refractivity contribution in [2.75, 3.05) is 11.9 Å². The van der Waals surface area contributed by atoms with Gasteiger partial charge in [-0.1, -0.05) is 48.2 Å². The van der Waals surface area contributed by atoms with Gasteiger partial charge in [-0.2, -0.15) is 0 Å². The lowest BCUT2D eigenvalue weighted by Crippen LogP contribution is -2.37. The summed E-state index contributed by atoms with van der Waals surface area (Å²) in [6.07, 6.45) is 0.201. The molecule has 3 rings (SSSR count). The number of carbonyl (C=O) groups is 2. The van der Waals surface area contributed by atoms with Gasteiger partial charge < -0.3 is 4.90 Å². The Morgan fingerprint density at radius 2 is 1.78 bits per heavy atom. The third-order valence-electron chi connectivity index (χ3n) is 4.45. The van der Waals surface area contributed by atoms with Gasteiger partial charge in [0.05, 0.1) is 5.41 Å². The molecule has 4 heteroatoms. The maximum atomic E-state index is 12.7. The van der Waals surface area contributed by atoms with Crippen LogP contribution < -0.4 is 4.90 Å². The standard InChI is InChI=1S/C19H19NO2S/c1-13-8-4-7-11-16(13)23-17(21)12-19(2)14-9-5-6-10-15(14)20(3)18(19)22/h4-11H,12H2,1-3H3. The summed E-state index contributed by atoms with van der Waals surface area (Å²) < 4.78 is 0. The van der Waals surface area contributed by atoms with Crippen LogP contribution in [0.25, 0.3) is 0 Å². The Morgan fingerprint density at radius 1 is 1.13 bits per heavy atom. The number of likely N-dealkylation sites (N-methyl/N-ethyl adjacent to an activating group) is 1. The number of thioether (sulfide) groups is 1. The van der Waals surface area contributed by atoms with E-state index in [4.69, 9.17) is 0 Å². The van der Waals surface area contributed by atoms with Gasteiger partial charge in [0.2, 0.25) is 5.91 Å². The highest BCUT2D eigenvalue weighted by molar-refractivity contribution is 8.13. The summed E-state index contributed by atoms with van der Waals surface area (Å²) in [7, 11) is 1.77. The molecule has 1 amide bonds. The molecule has 0 fully saturated rings. The first kappa shape index (κ1) is 15.8. The summed E-state index contributed by atoms with van der Waals surface area (Å²) in [5, 5.41) is 0.0141. The predicted molar refractivity (Wildman–Crippen MR) is 93.9 cm³/mol. The Hall–Kier alpha value is -2.07. The van der Waals surface area contributed by atoms with Gasteiger partial charge >= 0.3 is 0 Å². The molecule has 0 N–H and O–H groups in total. The molecule has 0 bridgehead atoms. The number of fused-ring (bicyclic) bond motifs is 1. The van der Waals surface area contributed by atoms with Crippen LogP contribution in [0, 0.1) is 6.92 Å². The fourth-order valence-corrected chi connectivity index (χ4v) is 4.10. The Kier molecular flexibility index (Phi) is 4.02. The fourth-order valence-electron chi connectivity index (χ4n) is 3.12. The zero-order chi connectivity index (χ0) is 16.6. The molecule has 0 radical (unpaired) electrons. The van der Waals surface area contributed by atoms with E-state index in [0.29, 0.717) is 0 Å². The molecule has 23 heavy (non-hydrogen) atoms. The molecule has 0 aliphatic carbocycles. The van der Waals surface area contributed by atoms with Gasteiger partial charge in [-0.25, -0.2) is 0 Å². The van der Waals surface area contributed by atoms with E-state index >= 15 is 0 Å². The lowest BCUT2D eigenvalue weighted by molar-refractivity contribution is -0.125. The summed E-state index contributed by atoms with van der Waals surface area (Å²) >= 11 is 1.22. The number of aryl methyl sites for hydroxylation is 1. The number of para-hydroxylation sites is 1. The van der Waals surface area contributed by atoms with E-state index in [9.17, 15) is 9.59 Å². The van der Waals surface area contributed by atoms with Gasteiger partial charge in [0.1, 0.15) is 0 Å². The van der Waals surface area contributed by atoms with Crippen LogP contribution in [0.4, 0.5) is 5.69 Å². The Balaban J connectivity index is 1.86. The number of hydrogen-bond acceptors (Lipinski definition) is 3. The van der Waals surface area contributed by atoms with E-state index in [2.05, 4.69) is 0 Å². The van der Waals surface area contributed by atoms with Crippen molar-refractivity contribution in [2.24, 2.45) is 0 Å². The van der Waals surface area contributed by atoms with Gasteiger partial charge in [0, 0.05) is 24.1 Å². The molecule has 1 unspecified atom stereocenters. The summed E-state index contributed by atoms with van der Waals surface area (Å²) in [4.78, 5) is 27.9. The van der Waals surface area contributed by atoms with Crippen LogP contribution in [0.1, 0.15) is 24.5 Å². The molecule has 0 saturated carbocycles. The number of amides is 1. The predicted octanol–water partition coefficient (Wildman–Crippen LogP) is 3.94. The Bertz CT molecular complexity index is 786. The first-order valence-corrected chi connectivity index (χ1v) is 8.39. The van der Waals surface area contributed by atoms with E-state index in [1.54, 1.807) is 11.9 Å². The highest BCUT2D eigenvalue weighted by atomic mass is 32.2. The molecule has 0 aromatic heterocycles. The molecular weight excluding hydrogens is 306 g/mol. The molecule has 2 aromatic rings. The Labute approximate surface area is 140 Å². The van der Waals surface area contributed by atoms with Crippen molar-refractivity contribution < 1.29 is 9.59 Å². The zero-order valence-electron chi connectivity index (χ0n) is 13.5. The summed E-state index contributed by atoms with van der Waals surface area (Å²) in [6, 6.07) is 15.5. The Morgan fingerprint density at radius 3 is 2.52 bits per heavy atom. The minimum atomic E-state index is -0.780. The van der Waals surface area contributed by atoms with Gasteiger partial charge in [-0.05, 0) is 37.1 Å². The minimum absolute atomic E-state index is 0.0141. The average molecular weight is 325 g/mol. The van der Waals surface area contributed by atoms with Crippen LogP contribution >= 0.6 is 11.8 Å². The zero-order valence-corrected chi connectivity index (χ0v) is 14.3. The van der Waals surface area contributed by atoms with E-state index < -0.39 is 5.41 Å². The van der Waals surface area contributed by atoms with E-state index in [1.165, 1.54) is 11.8 Å². The normalized spacial score (nSPS) is 19.8. The van der Waals surface area contributed by atoms with Crippen LogP contribution in [0.15, 0.2) is 53.4 Å². The average Bonchev–Trinajstić information content (AvgIpc) is 2.72. The highest BCUT2D eigenvalue weighted by Crippen LogP contribution is 2.44. The van der Waals surface area contributed by atoms with E-state index in [1.807, 2.05) is 62.4 Å². The minimum Gasteiger partial charge on any atom is -0.314 e. The van der Waals surface area contributed by atoms with Crippen molar-refractivity contribution in [3.8, 4) is 0 Å². The fraction of sp³-hybridized carbons (Fsp3) is 0.263. The maximum absolute atomic E-state index is 12.7. The number of anilines is 1. The van der Waals surface area contributed by atoms with Crippen molar-refractivity contribution in [1.82, 2.24) is 0 Å². The molecule has 0 saturated heterocycles. The van der Waals surface area contributed by atoms with Gasteiger partial charge in [0.25, 0.3) is 0 Å². The molecule has 1 aliphatic rings. The lowest BCUT2D eigenvalue weighted by atomic mass is 9.81. The van der Waals surface area contributed by atoms with E-state index in [0.717, 1.165) is 21.7 Å². The van der Waals surface area contributed by atoms with Crippen molar-refractivity contribution in [3.05, 3.63) is 59.7 Å². The smallest absolute Gasteiger partial charge is 0.237 e. The molecular formula is C19H19NO2S. The molecule has 118 valence electrons.